The summed E-state index contributed by atoms with van der Waals surface area (Å²) >= 11 is 3.34. The maximum Gasteiger partial charge on any atom is 0.261 e. The number of anilines is 1. The molecule has 140 valence electrons. The van der Waals surface area contributed by atoms with Crippen molar-refractivity contribution < 1.29 is 14.3 Å². The lowest BCUT2D eigenvalue weighted by molar-refractivity contribution is -0.121. The molecule has 0 saturated heterocycles. The van der Waals surface area contributed by atoms with Gasteiger partial charge in [0.05, 0.1) is 37.1 Å². The van der Waals surface area contributed by atoms with Gasteiger partial charge in [-0.2, -0.15) is 0 Å². The molecule has 1 heterocycles. The molecule has 0 unspecified atom stereocenters. The number of amides is 1. The fourth-order valence-electron chi connectivity index (χ4n) is 2.47. The van der Waals surface area contributed by atoms with Gasteiger partial charge in [-0.1, -0.05) is 15.9 Å². The maximum atomic E-state index is 12.7. The third-order valence-electron chi connectivity index (χ3n) is 3.83. The summed E-state index contributed by atoms with van der Waals surface area (Å²) in [7, 11) is 2.99. The van der Waals surface area contributed by atoms with E-state index in [4.69, 9.17) is 9.47 Å². The van der Waals surface area contributed by atoms with E-state index < -0.39 is 0 Å². The molecule has 27 heavy (non-hydrogen) atoms. The van der Waals surface area contributed by atoms with E-state index in [1.807, 2.05) is 12.1 Å². The summed E-state index contributed by atoms with van der Waals surface area (Å²) in [5, 5.41) is 0.337. The van der Waals surface area contributed by atoms with Crippen molar-refractivity contribution in [1.29, 1.82) is 0 Å². The van der Waals surface area contributed by atoms with Gasteiger partial charge in [-0.3, -0.25) is 25.0 Å². The number of benzene rings is 2. The standard InChI is InChI=1S/C18H17BrN4O4/c1-26-15-7-13-14(8-16(15)27-2)20-10-23(18(13)25)9-17(24)22-21-12-5-3-11(19)4-6-12/h3-8,10,21H,9H2,1-2H3,(H,22,24). The van der Waals surface area contributed by atoms with Crippen molar-refractivity contribution in [1.82, 2.24) is 15.0 Å². The Kier molecular flexibility index (Phi) is 5.60. The topological polar surface area (TPSA) is 94.5 Å². The Bertz CT molecular complexity index is 1030. The third-order valence-corrected chi connectivity index (χ3v) is 4.36. The molecule has 1 aromatic heterocycles. The lowest BCUT2D eigenvalue weighted by Crippen LogP contribution is -2.35. The van der Waals surface area contributed by atoms with Crippen LogP contribution < -0.4 is 25.9 Å². The smallest absolute Gasteiger partial charge is 0.261 e. The Hall–Kier alpha value is -3.07. The van der Waals surface area contributed by atoms with E-state index in [9.17, 15) is 9.59 Å². The first-order chi connectivity index (χ1) is 13.0. The summed E-state index contributed by atoms with van der Waals surface area (Å²) < 4.78 is 12.6. The number of fused-ring (bicyclic) bond motifs is 1. The number of halogens is 1. The molecule has 0 aliphatic heterocycles. The van der Waals surface area contributed by atoms with Crippen LogP contribution in [0, 0.1) is 0 Å². The van der Waals surface area contributed by atoms with E-state index in [1.165, 1.54) is 25.1 Å². The minimum Gasteiger partial charge on any atom is -0.493 e. The van der Waals surface area contributed by atoms with Gasteiger partial charge in [0.15, 0.2) is 11.5 Å². The molecule has 2 N–H and O–H groups in total. The molecule has 0 fully saturated rings. The Morgan fingerprint density at radius 3 is 2.48 bits per heavy atom. The van der Waals surface area contributed by atoms with Gasteiger partial charge in [0, 0.05) is 10.5 Å². The second-order valence-electron chi connectivity index (χ2n) is 5.58. The lowest BCUT2D eigenvalue weighted by Gasteiger charge is -2.11. The van der Waals surface area contributed by atoms with Crippen LogP contribution >= 0.6 is 15.9 Å². The Morgan fingerprint density at radius 1 is 1.15 bits per heavy atom. The van der Waals surface area contributed by atoms with Crippen molar-refractivity contribution in [3.8, 4) is 11.5 Å². The van der Waals surface area contributed by atoms with Gasteiger partial charge < -0.3 is 9.47 Å². The van der Waals surface area contributed by atoms with Crippen molar-refractivity contribution in [2.75, 3.05) is 19.6 Å². The molecule has 0 aliphatic carbocycles. The van der Waals surface area contributed by atoms with Crippen LogP contribution in [0.25, 0.3) is 10.9 Å². The zero-order chi connectivity index (χ0) is 19.4. The average molecular weight is 433 g/mol. The average Bonchev–Trinajstić information content (AvgIpc) is 2.69. The first-order valence-electron chi connectivity index (χ1n) is 7.93. The predicted octanol–water partition coefficient (Wildman–Crippen LogP) is 2.32. The molecule has 0 saturated carbocycles. The highest BCUT2D eigenvalue weighted by atomic mass is 79.9. The van der Waals surface area contributed by atoms with Crippen molar-refractivity contribution in [3.63, 3.8) is 0 Å². The molecule has 9 heteroatoms. The minimum atomic E-state index is -0.387. The number of hydrogen-bond acceptors (Lipinski definition) is 6. The van der Waals surface area contributed by atoms with Gasteiger partial charge in [-0.15, -0.1) is 0 Å². The van der Waals surface area contributed by atoms with E-state index in [0.717, 1.165) is 4.47 Å². The first kappa shape index (κ1) is 18.7. The summed E-state index contributed by atoms with van der Waals surface area (Å²) in [6, 6.07) is 10.5. The number of hydrazine groups is 1. The highest BCUT2D eigenvalue weighted by Gasteiger charge is 2.12. The quantitative estimate of drug-likeness (QED) is 0.580. The van der Waals surface area contributed by atoms with E-state index in [0.29, 0.717) is 28.1 Å². The van der Waals surface area contributed by atoms with Crippen molar-refractivity contribution in [2.24, 2.45) is 0 Å². The fraction of sp³-hybridized carbons (Fsp3) is 0.167. The van der Waals surface area contributed by atoms with Gasteiger partial charge in [-0.25, -0.2) is 4.98 Å². The number of carbonyl (C=O) groups excluding carboxylic acids is 1. The molecule has 3 aromatic rings. The van der Waals surface area contributed by atoms with Crippen molar-refractivity contribution in [3.05, 3.63) is 57.6 Å². The normalized spacial score (nSPS) is 10.5. The summed E-state index contributed by atoms with van der Waals surface area (Å²) in [6.07, 6.45) is 1.33. The summed E-state index contributed by atoms with van der Waals surface area (Å²) in [4.78, 5) is 29.0. The number of hydrogen-bond donors (Lipinski definition) is 2. The summed E-state index contributed by atoms with van der Waals surface area (Å²) in [6.45, 7) is -0.181. The monoisotopic (exact) mass is 432 g/mol. The van der Waals surface area contributed by atoms with Gasteiger partial charge in [0.25, 0.3) is 11.5 Å². The molecule has 0 atom stereocenters. The van der Waals surface area contributed by atoms with Crippen LogP contribution in [0.2, 0.25) is 0 Å². The van der Waals surface area contributed by atoms with Crippen LogP contribution in [-0.2, 0) is 11.3 Å². The number of ether oxygens (including phenoxy) is 2. The Morgan fingerprint density at radius 2 is 1.81 bits per heavy atom. The molecule has 2 aromatic carbocycles. The van der Waals surface area contributed by atoms with Crippen LogP contribution in [0.5, 0.6) is 11.5 Å². The number of nitrogens with one attached hydrogen (secondary N) is 2. The molecule has 3 rings (SSSR count). The van der Waals surface area contributed by atoms with Crippen molar-refractivity contribution in [2.45, 2.75) is 6.54 Å². The SMILES string of the molecule is COc1cc2ncn(CC(=O)NNc3ccc(Br)cc3)c(=O)c2cc1OC. The summed E-state index contributed by atoms with van der Waals surface area (Å²) in [5.41, 5.74) is 6.16. The van der Waals surface area contributed by atoms with Crippen LogP contribution in [0.15, 0.2) is 52.0 Å². The highest BCUT2D eigenvalue weighted by molar-refractivity contribution is 9.10. The number of rotatable bonds is 6. The third kappa shape index (κ3) is 4.20. The largest absolute Gasteiger partial charge is 0.493 e. The number of methoxy groups -OCH3 is 2. The second-order valence-corrected chi connectivity index (χ2v) is 6.50. The molecule has 0 spiro atoms. The Labute approximate surface area is 163 Å². The van der Waals surface area contributed by atoms with Crippen LogP contribution in [0.1, 0.15) is 0 Å². The van der Waals surface area contributed by atoms with E-state index in [-0.39, 0.29) is 18.0 Å². The van der Waals surface area contributed by atoms with E-state index >= 15 is 0 Å². The summed E-state index contributed by atoms with van der Waals surface area (Å²) in [5.74, 6) is 0.510. The molecule has 0 aliphatic rings. The molecule has 0 radical (unpaired) electrons. The van der Waals surface area contributed by atoms with Crippen LogP contribution in [0.3, 0.4) is 0 Å². The minimum absolute atomic E-state index is 0.181. The first-order valence-corrected chi connectivity index (χ1v) is 8.72. The van der Waals surface area contributed by atoms with E-state index in [1.54, 1.807) is 24.3 Å². The number of aromatic nitrogens is 2. The zero-order valence-corrected chi connectivity index (χ0v) is 16.2. The number of carbonyl (C=O) groups is 1. The molecule has 0 bridgehead atoms. The fourth-order valence-corrected chi connectivity index (χ4v) is 2.73. The second kappa shape index (κ2) is 8.09. The maximum absolute atomic E-state index is 12.7. The van der Waals surface area contributed by atoms with E-state index in [2.05, 4.69) is 31.8 Å². The van der Waals surface area contributed by atoms with Crippen LogP contribution in [-0.4, -0.2) is 29.7 Å². The van der Waals surface area contributed by atoms with Gasteiger partial charge in [-0.05, 0) is 30.3 Å². The number of nitrogens with zero attached hydrogens (tertiary/aromatic N) is 2. The zero-order valence-electron chi connectivity index (χ0n) is 14.7. The van der Waals surface area contributed by atoms with Gasteiger partial charge in [0.2, 0.25) is 0 Å². The lowest BCUT2D eigenvalue weighted by atomic mass is 10.2. The Balaban J connectivity index is 1.78. The van der Waals surface area contributed by atoms with Gasteiger partial charge >= 0.3 is 0 Å². The molecule has 1 amide bonds. The predicted molar refractivity (Wildman–Crippen MR) is 105 cm³/mol. The van der Waals surface area contributed by atoms with Crippen molar-refractivity contribution >= 4 is 38.4 Å². The molecular formula is C18H17BrN4O4. The molecular weight excluding hydrogens is 416 g/mol. The van der Waals surface area contributed by atoms with Gasteiger partial charge in [0.1, 0.15) is 6.54 Å². The van der Waals surface area contributed by atoms with Crippen LogP contribution in [0.4, 0.5) is 5.69 Å². The highest BCUT2D eigenvalue weighted by Crippen LogP contribution is 2.29. The molecule has 8 nitrogen and oxygen atoms in total.